The maximum atomic E-state index is 12.6. The van der Waals surface area contributed by atoms with Crippen molar-refractivity contribution in [2.45, 2.75) is 44.4 Å². The predicted octanol–water partition coefficient (Wildman–Crippen LogP) is 4.20. The topological polar surface area (TPSA) is 54.9 Å². The van der Waals surface area contributed by atoms with E-state index in [1.165, 1.54) is 11.3 Å². The lowest BCUT2D eigenvalue weighted by Crippen LogP contribution is -2.27. The molecule has 22 heavy (non-hydrogen) atoms. The van der Waals surface area contributed by atoms with Crippen molar-refractivity contribution in [1.29, 1.82) is 0 Å². The minimum atomic E-state index is -0.417. The molecule has 1 saturated carbocycles. The number of anilines is 1. The van der Waals surface area contributed by atoms with E-state index in [4.69, 9.17) is 11.6 Å². The molecule has 3 rings (SSSR count). The number of hydrogen-bond acceptors (Lipinski definition) is 4. The second-order valence-corrected chi connectivity index (χ2v) is 7.15. The summed E-state index contributed by atoms with van der Waals surface area (Å²) < 4.78 is 0. The van der Waals surface area contributed by atoms with Crippen LogP contribution in [0.1, 0.15) is 43.2 Å². The number of aromatic nitrogens is 2. The zero-order valence-corrected chi connectivity index (χ0v) is 14.0. The van der Waals surface area contributed by atoms with Gasteiger partial charge >= 0.3 is 0 Å². The number of benzene rings is 1. The average molecular weight is 336 g/mol. The number of carbonyl (C=O) groups is 1. The summed E-state index contributed by atoms with van der Waals surface area (Å²) in [4.78, 5) is 12.6. The van der Waals surface area contributed by atoms with E-state index in [0.29, 0.717) is 10.2 Å². The minimum Gasteiger partial charge on any atom is -0.300 e. The fraction of sp³-hybridized carbons (Fsp3) is 0.438. The number of rotatable bonds is 6. The van der Waals surface area contributed by atoms with Gasteiger partial charge in [0.25, 0.3) is 0 Å². The lowest BCUT2D eigenvalue weighted by molar-refractivity contribution is -0.118. The molecule has 1 aliphatic rings. The first-order valence-electron chi connectivity index (χ1n) is 7.54. The van der Waals surface area contributed by atoms with Gasteiger partial charge < -0.3 is 0 Å². The second kappa shape index (κ2) is 6.34. The highest BCUT2D eigenvalue weighted by molar-refractivity contribution is 7.15. The van der Waals surface area contributed by atoms with Gasteiger partial charge in [-0.15, -0.1) is 10.2 Å². The summed E-state index contributed by atoms with van der Waals surface area (Å²) >= 11 is 7.39. The smallest absolute Gasteiger partial charge is 0.236 e. The maximum Gasteiger partial charge on any atom is 0.236 e. The van der Waals surface area contributed by atoms with Crippen LogP contribution in [0, 0.1) is 0 Å². The predicted molar refractivity (Wildman–Crippen MR) is 89.5 cm³/mol. The van der Waals surface area contributed by atoms with Crippen molar-refractivity contribution in [1.82, 2.24) is 10.2 Å². The molecule has 4 nitrogen and oxygen atoms in total. The molecule has 0 saturated heterocycles. The number of unbranched alkanes of at least 4 members (excludes halogenated alkanes) is 1. The lowest BCUT2D eigenvalue weighted by Gasteiger charge is -2.14. The third-order valence-electron chi connectivity index (χ3n) is 4.01. The Labute approximate surface area is 138 Å². The van der Waals surface area contributed by atoms with E-state index in [2.05, 4.69) is 22.4 Å². The van der Waals surface area contributed by atoms with Gasteiger partial charge in [0, 0.05) is 11.4 Å². The molecule has 1 aliphatic carbocycles. The van der Waals surface area contributed by atoms with Gasteiger partial charge in [0.2, 0.25) is 11.0 Å². The van der Waals surface area contributed by atoms with E-state index >= 15 is 0 Å². The third kappa shape index (κ3) is 3.15. The third-order valence-corrected chi connectivity index (χ3v) is 5.16. The molecule has 2 aromatic rings. The molecule has 6 heteroatoms. The highest BCUT2D eigenvalue weighted by atomic mass is 35.5. The Morgan fingerprint density at radius 1 is 1.32 bits per heavy atom. The largest absolute Gasteiger partial charge is 0.300 e. The molecule has 0 aliphatic heterocycles. The van der Waals surface area contributed by atoms with Crippen LogP contribution < -0.4 is 5.32 Å². The summed E-state index contributed by atoms with van der Waals surface area (Å²) in [6, 6.07) is 7.53. The van der Waals surface area contributed by atoms with Crippen LogP contribution in [-0.4, -0.2) is 16.1 Å². The summed E-state index contributed by atoms with van der Waals surface area (Å²) in [7, 11) is 0. The number of nitrogens with zero attached hydrogens (tertiary/aromatic N) is 2. The highest BCUT2D eigenvalue weighted by Crippen LogP contribution is 2.49. The Morgan fingerprint density at radius 2 is 2.05 bits per heavy atom. The molecule has 0 atom stereocenters. The molecule has 1 heterocycles. The second-order valence-electron chi connectivity index (χ2n) is 5.65. The molecule has 0 radical (unpaired) electrons. The standard InChI is InChI=1S/C16H18ClN3OS/c1-2-3-4-13-19-20-15(22-13)18-14(21)16(9-10-16)11-5-7-12(17)8-6-11/h5-8H,2-4,9-10H2,1H3,(H,18,20,21). The SMILES string of the molecule is CCCCc1nnc(NC(=O)C2(c3ccc(Cl)cc3)CC2)s1. The van der Waals surface area contributed by atoms with Crippen LogP contribution in [0.3, 0.4) is 0 Å². The molecular formula is C16H18ClN3OS. The van der Waals surface area contributed by atoms with Crippen LogP contribution in [0.15, 0.2) is 24.3 Å². The first-order valence-corrected chi connectivity index (χ1v) is 8.73. The van der Waals surface area contributed by atoms with Gasteiger partial charge in [0.15, 0.2) is 0 Å². The Morgan fingerprint density at radius 3 is 2.68 bits per heavy atom. The molecule has 0 bridgehead atoms. The van der Waals surface area contributed by atoms with Crippen LogP contribution in [0.4, 0.5) is 5.13 Å². The molecule has 1 N–H and O–H groups in total. The number of hydrogen-bond donors (Lipinski definition) is 1. The number of halogens is 1. The summed E-state index contributed by atoms with van der Waals surface area (Å²) in [6.45, 7) is 2.15. The van der Waals surface area contributed by atoms with E-state index < -0.39 is 5.41 Å². The highest BCUT2D eigenvalue weighted by Gasteiger charge is 2.51. The normalized spacial score (nSPS) is 15.5. The quantitative estimate of drug-likeness (QED) is 0.860. The summed E-state index contributed by atoms with van der Waals surface area (Å²) in [5, 5.41) is 13.4. The van der Waals surface area contributed by atoms with Crippen molar-refractivity contribution >= 4 is 34.0 Å². The first-order chi connectivity index (χ1) is 10.6. The Kier molecular flexibility index (Phi) is 4.45. The fourth-order valence-electron chi connectivity index (χ4n) is 2.49. The van der Waals surface area contributed by atoms with Gasteiger partial charge in [-0.05, 0) is 37.0 Å². The zero-order valence-electron chi connectivity index (χ0n) is 12.4. The van der Waals surface area contributed by atoms with Crippen molar-refractivity contribution in [2.75, 3.05) is 5.32 Å². The molecule has 1 aromatic carbocycles. The van der Waals surface area contributed by atoms with Crippen molar-refractivity contribution < 1.29 is 4.79 Å². The van der Waals surface area contributed by atoms with E-state index in [-0.39, 0.29) is 5.91 Å². The number of aryl methyl sites for hydroxylation is 1. The molecule has 1 fully saturated rings. The van der Waals surface area contributed by atoms with Crippen LogP contribution in [0.5, 0.6) is 0 Å². The van der Waals surface area contributed by atoms with Gasteiger partial charge in [-0.3, -0.25) is 10.1 Å². The van der Waals surface area contributed by atoms with Crippen LogP contribution >= 0.6 is 22.9 Å². The fourth-order valence-corrected chi connectivity index (χ4v) is 3.39. The summed E-state index contributed by atoms with van der Waals surface area (Å²) in [6.07, 6.45) is 4.87. The lowest BCUT2D eigenvalue weighted by atomic mass is 9.95. The van der Waals surface area contributed by atoms with Gasteiger partial charge in [0.05, 0.1) is 5.41 Å². The van der Waals surface area contributed by atoms with Crippen molar-refractivity contribution in [3.8, 4) is 0 Å². The Balaban J connectivity index is 1.69. The van der Waals surface area contributed by atoms with Crippen LogP contribution in [0.25, 0.3) is 0 Å². The molecule has 1 aromatic heterocycles. The first kappa shape index (κ1) is 15.4. The molecule has 116 valence electrons. The van der Waals surface area contributed by atoms with Crippen LogP contribution in [-0.2, 0) is 16.6 Å². The van der Waals surface area contributed by atoms with E-state index in [1.807, 2.05) is 24.3 Å². The molecule has 1 amide bonds. The van der Waals surface area contributed by atoms with E-state index in [1.54, 1.807) is 0 Å². The molecule has 0 spiro atoms. The van der Waals surface area contributed by atoms with Gasteiger partial charge in [-0.1, -0.05) is 48.4 Å². The van der Waals surface area contributed by atoms with E-state index in [9.17, 15) is 4.79 Å². The molecule has 0 unspecified atom stereocenters. The van der Waals surface area contributed by atoms with Crippen molar-refractivity contribution in [3.05, 3.63) is 39.9 Å². The number of nitrogens with one attached hydrogen (secondary N) is 1. The van der Waals surface area contributed by atoms with Gasteiger partial charge in [-0.2, -0.15) is 0 Å². The molecular weight excluding hydrogens is 318 g/mol. The summed E-state index contributed by atoms with van der Waals surface area (Å²) in [5.74, 6) is 0.00742. The number of carbonyl (C=O) groups excluding carboxylic acids is 1. The number of amides is 1. The van der Waals surface area contributed by atoms with E-state index in [0.717, 1.165) is 42.7 Å². The van der Waals surface area contributed by atoms with Gasteiger partial charge in [0.1, 0.15) is 5.01 Å². The average Bonchev–Trinajstić information content (AvgIpc) is 3.21. The monoisotopic (exact) mass is 335 g/mol. The van der Waals surface area contributed by atoms with Crippen molar-refractivity contribution in [3.63, 3.8) is 0 Å². The zero-order chi connectivity index (χ0) is 15.6. The Bertz CT molecular complexity index is 664. The minimum absolute atomic E-state index is 0.00742. The Hall–Kier alpha value is -1.46. The summed E-state index contributed by atoms with van der Waals surface area (Å²) in [5.41, 5.74) is 0.602. The maximum absolute atomic E-state index is 12.6. The van der Waals surface area contributed by atoms with Gasteiger partial charge in [-0.25, -0.2) is 0 Å². The van der Waals surface area contributed by atoms with Crippen molar-refractivity contribution in [2.24, 2.45) is 0 Å². The van der Waals surface area contributed by atoms with Crippen LogP contribution in [0.2, 0.25) is 5.02 Å².